The first-order valence-electron chi connectivity index (χ1n) is 8.67. The Balaban J connectivity index is 1.77. The van der Waals surface area contributed by atoms with E-state index in [0.29, 0.717) is 43.2 Å². The first-order chi connectivity index (χ1) is 13.4. The van der Waals surface area contributed by atoms with Gasteiger partial charge in [0.05, 0.1) is 24.6 Å². The lowest BCUT2D eigenvalue weighted by atomic mass is 10.1. The predicted octanol–water partition coefficient (Wildman–Crippen LogP) is 2.31. The number of carboxylic acid groups (broad SMARTS) is 1. The Morgan fingerprint density at radius 3 is 2.43 bits per heavy atom. The molecule has 3 rings (SSSR count). The molecule has 146 valence electrons. The molecular weight excluding hydrogens is 366 g/mol. The van der Waals surface area contributed by atoms with E-state index >= 15 is 0 Å². The lowest BCUT2D eigenvalue weighted by Gasteiger charge is -2.28. The van der Waals surface area contributed by atoms with Crippen molar-refractivity contribution in [3.63, 3.8) is 0 Å². The highest BCUT2D eigenvalue weighted by atomic mass is 16.6. The van der Waals surface area contributed by atoms with E-state index < -0.39 is 16.8 Å². The van der Waals surface area contributed by atoms with Crippen molar-refractivity contribution >= 4 is 28.9 Å². The smallest absolute Gasteiger partial charge is 0.307 e. The van der Waals surface area contributed by atoms with E-state index in [9.17, 15) is 19.7 Å². The number of ether oxygens (including phenoxy) is 1. The Bertz CT molecular complexity index is 891. The molecule has 28 heavy (non-hydrogen) atoms. The van der Waals surface area contributed by atoms with Gasteiger partial charge in [0, 0.05) is 30.4 Å². The van der Waals surface area contributed by atoms with Crippen LogP contribution in [0.2, 0.25) is 0 Å². The molecule has 1 aliphatic rings. The summed E-state index contributed by atoms with van der Waals surface area (Å²) in [7, 11) is 0. The molecule has 0 bridgehead atoms. The third kappa shape index (κ3) is 4.63. The number of nitro benzene ring substituents is 1. The predicted molar refractivity (Wildman–Crippen MR) is 102 cm³/mol. The van der Waals surface area contributed by atoms with Gasteiger partial charge in [-0.25, -0.2) is 0 Å². The van der Waals surface area contributed by atoms with Gasteiger partial charge in [-0.1, -0.05) is 12.1 Å². The van der Waals surface area contributed by atoms with Crippen molar-refractivity contribution in [2.24, 2.45) is 0 Å². The number of hydrogen-bond acceptors (Lipinski definition) is 6. The molecule has 2 aromatic rings. The number of morpholine rings is 1. The third-order valence-corrected chi connectivity index (χ3v) is 4.35. The van der Waals surface area contributed by atoms with Gasteiger partial charge in [0.15, 0.2) is 0 Å². The Labute approximate surface area is 160 Å². The Morgan fingerprint density at radius 2 is 1.82 bits per heavy atom. The molecule has 0 unspecified atom stereocenters. The van der Waals surface area contributed by atoms with Crippen molar-refractivity contribution in [3.05, 3.63) is 63.7 Å². The topological polar surface area (TPSA) is 122 Å². The number of hydrogen-bond donors (Lipinski definition) is 2. The Hall–Kier alpha value is -3.46. The van der Waals surface area contributed by atoms with E-state index in [1.165, 1.54) is 6.07 Å². The van der Waals surface area contributed by atoms with Gasteiger partial charge in [-0.05, 0) is 29.8 Å². The first-order valence-corrected chi connectivity index (χ1v) is 8.67. The molecule has 2 aromatic carbocycles. The summed E-state index contributed by atoms with van der Waals surface area (Å²) in [4.78, 5) is 36.0. The van der Waals surface area contributed by atoms with Gasteiger partial charge in [0.1, 0.15) is 5.69 Å². The largest absolute Gasteiger partial charge is 0.481 e. The van der Waals surface area contributed by atoms with E-state index in [-0.39, 0.29) is 17.7 Å². The van der Waals surface area contributed by atoms with Gasteiger partial charge in [-0.15, -0.1) is 0 Å². The SMILES string of the molecule is O=C(O)Cc1ccc(NC(=O)c2ccc(N3CCOCC3)c([N+](=O)[O-])c2)cc1. The zero-order chi connectivity index (χ0) is 20.1. The van der Waals surface area contributed by atoms with Crippen molar-refractivity contribution in [2.45, 2.75) is 6.42 Å². The molecule has 2 N–H and O–H groups in total. The van der Waals surface area contributed by atoms with Crippen molar-refractivity contribution in [1.29, 1.82) is 0 Å². The fourth-order valence-electron chi connectivity index (χ4n) is 2.97. The summed E-state index contributed by atoms with van der Waals surface area (Å²) in [5.41, 5.74) is 1.57. The van der Waals surface area contributed by atoms with E-state index in [1.807, 2.05) is 4.90 Å². The number of nitrogens with zero attached hydrogens (tertiary/aromatic N) is 2. The fourth-order valence-corrected chi connectivity index (χ4v) is 2.97. The first kappa shape index (κ1) is 19.3. The third-order valence-electron chi connectivity index (χ3n) is 4.35. The van der Waals surface area contributed by atoms with Gasteiger partial charge in [-0.3, -0.25) is 19.7 Å². The van der Waals surface area contributed by atoms with Crippen LogP contribution in [0.25, 0.3) is 0 Å². The fraction of sp³-hybridized carbons (Fsp3) is 0.263. The maximum absolute atomic E-state index is 12.5. The molecule has 1 aliphatic heterocycles. The summed E-state index contributed by atoms with van der Waals surface area (Å²) >= 11 is 0. The number of nitro groups is 1. The van der Waals surface area contributed by atoms with Gasteiger partial charge in [-0.2, -0.15) is 0 Å². The maximum atomic E-state index is 12.5. The summed E-state index contributed by atoms with van der Waals surface area (Å²) in [6.45, 7) is 2.10. The van der Waals surface area contributed by atoms with Crippen LogP contribution in [-0.2, 0) is 16.0 Å². The highest BCUT2D eigenvalue weighted by Crippen LogP contribution is 2.30. The van der Waals surface area contributed by atoms with Gasteiger partial charge < -0.3 is 20.1 Å². The lowest BCUT2D eigenvalue weighted by molar-refractivity contribution is -0.384. The normalized spacial score (nSPS) is 13.8. The number of rotatable bonds is 6. The van der Waals surface area contributed by atoms with Crippen molar-refractivity contribution in [1.82, 2.24) is 0 Å². The molecule has 1 fully saturated rings. The van der Waals surface area contributed by atoms with Gasteiger partial charge in [0.2, 0.25) is 0 Å². The van der Waals surface area contributed by atoms with E-state index in [4.69, 9.17) is 9.84 Å². The second-order valence-corrected chi connectivity index (χ2v) is 6.28. The number of carbonyl (C=O) groups is 2. The monoisotopic (exact) mass is 385 g/mol. The highest BCUT2D eigenvalue weighted by molar-refractivity contribution is 6.05. The molecule has 0 aromatic heterocycles. The minimum absolute atomic E-state index is 0.108. The summed E-state index contributed by atoms with van der Waals surface area (Å²) in [6.07, 6.45) is -0.108. The summed E-state index contributed by atoms with van der Waals surface area (Å²) < 4.78 is 5.27. The van der Waals surface area contributed by atoms with Crippen LogP contribution in [0, 0.1) is 10.1 Å². The number of aliphatic carboxylic acids is 1. The molecular formula is C19H19N3O6. The zero-order valence-corrected chi connectivity index (χ0v) is 15.0. The average Bonchev–Trinajstić information content (AvgIpc) is 2.69. The molecule has 1 heterocycles. The molecule has 9 heteroatoms. The van der Waals surface area contributed by atoms with Crippen LogP contribution < -0.4 is 10.2 Å². The van der Waals surface area contributed by atoms with E-state index in [0.717, 1.165) is 0 Å². The van der Waals surface area contributed by atoms with Crippen LogP contribution >= 0.6 is 0 Å². The number of amides is 1. The number of carbonyl (C=O) groups excluding carboxylic acids is 1. The molecule has 9 nitrogen and oxygen atoms in total. The molecule has 0 aliphatic carbocycles. The van der Waals surface area contributed by atoms with E-state index in [1.54, 1.807) is 36.4 Å². The Morgan fingerprint density at radius 1 is 1.14 bits per heavy atom. The molecule has 1 saturated heterocycles. The minimum Gasteiger partial charge on any atom is -0.481 e. The summed E-state index contributed by atoms with van der Waals surface area (Å²) in [5, 5.41) is 22.9. The number of nitrogens with one attached hydrogen (secondary N) is 1. The lowest BCUT2D eigenvalue weighted by Crippen LogP contribution is -2.36. The maximum Gasteiger partial charge on any atom is 0.307 e. The van der Waals surface area contributed by atoms with Crippen LogP contribution in [-0.4, -0.2) is 48.2 Å². The molecule has 0 saturated carbocycles. The quantitative estimate of drug-likeness (QED) is 0.578. The molecule has 0 radical (unpaired) electrons. The molecule has 0 atom stereocenters. The van der Waals surface area contributed by atoms with Crippen LogP contribution in [0.5, 0.6) is 0 Å². The highest BCUT2D eigenvalue weighted by Gasteiger charge is 2.23. The average molecular weight is 385 g/mol. The van der Waals surface area contributed by atoms with Crippen LogP contribution in [0.15, 0.2) is 42.5 Å². The number of anilines is 2. The second kappa shape index (κ2) is 8.49. The van der Waals surface area contributed by atoms with Crippen molar-refractivity contribution < 1.29 is 24.4 Å². The Kier molecular flexibility index (Phi) is 5.85. The van der Waals surface area contributed by atoms with Crippen molar-refractivity contribution in [3.8, 4) is 0 Å². The molecule has 1 amide bonds. The summed E-state index contributed by atoms with van der Waals surface area (Å²) in [6, 6.07) is 10.8. The van der Waals surface area contributed by atoms with Gasteiger partial charge >= 0.3 is 5.97 Å². The summed E-state index contributed by atoms with van der Waals surface area (Å²) in [5.74, 6) is -1.42. The second-order valence-electron chi connectivity index (χ2n) is 6.28. The van der Waals surface area contributed by atoms with Crippen LogP contribution in [0.4, 0.5) is 17.1 Å². The number of carboxylic acids is 1. The van der Waals surface area contributed by atoms with Crippen molar-refractivity contribution in [2.75, 3.05) is 36.5 Å². The number of benzene rings is 2. The zero-order valence-electron chi connectivity index (χ0n) is 15.0. The molecule has 0 spiro atoms. The minimum atomic E-state index is -0.940. The van der Waals surface area contributed by atoms with E-state index in [2.05, 4.69) is 5.32 Å². The van der Waals surface area contributed by atoms with Crippen LogP contribution in [0.3, 0.4) is 0 Å². The standard InChI is InChI=1S/C19H19N3O6/c23-18(24)11-13-1-4-15(5-2-13)20-19(25)14-3-6-16(17(12-14)22(26)27)21-7-9-28-10-8-21/h1-6,12H,7-11H2,(H,20,25)(H,23,24). The van der Waals surface area contributed by atoms with Gasteiger partial charge in [0.25, 0.3) is 11.6 Å². The van der Waals surface area contributed by atoms with Crippen LogP contribution in [0.1, 0.15) is 15.9 Å².